The summed E-state index contributed by atoms with van der Waals surface area (Å²) in [6.45, 7) is 12.8. The van der Waals surface area contributed by atoms with Gasteiger partial charge < -0.3 is 13.6 Å². The van der Waals surface area contributed by atoms with Crippen molar-refractivity contribution in [3.05, 3.63) is 88.0 Å². The van der Waals surface area contributed by atoms with Gasteiger partial charge in [-0.1, -0.05) is 97.2 Å². The Morgan fingerprint density at radius 3 is 1.03 bits per heavy atom. The second-order valence-corrected chi connectivity index (χ2v) is 11.2. The molecule has 0 unspecified atom stereocenters. The van der Waals surface area contributed by atoms with Crippen LogP contribution in [-0.2, 0) is 43.1 Å². The Hall–Kier alpha value is -2.71. The highest BCUT2D eigenvalue weighted by molar-refractivity contribution is 7.49. The molecule has 3 aromatic carbocycles. The molecule has 0 heterocycles. The first-order chi connectivity index (χ1) is 18.4. The molecule has 206 valence electrons. The summed E-state index contributed by atoms with van der Waals surface area (Å²) >= 11 is 0. The van der Waals surface area contributed by atoms with E-state index in [0.29, 0.717) is 17.2 Å². The minimum atomic E-state index is -4.13. The molecule has 0 amide bonds. The third-order valence-electron chi connectivity index (χ3n) is 6.96. The lowest BCUT2D eigenvalue weighted by atomic mass is 10.0. The largest absolute Gasteiger partial charge is 0.647 e. The number of phosphoric ester groups is 1. The van der Waals surface area contributed by atoms with Gasteiger partial charge in [0.05, 0.1) is 0 Å². The van der Waals surface area contributed by atoms with Crippen LogP contribution in [0.5, 0.6) is 17.2 Å². The first kappa shape index (κ1) is 29.8. The van der Waals surface area contributed by atoms with Gasteiger partial charge in [0.15, 0.2) is 0 Å². The summed E-state index contributed by atoms with van der Waals surface area (Å²) in [6.07, 6.45) is 7.98. The number of hydrogen-bond acceptors (Lipinski definition) is 4. The van der Waals surface area contributed by atoms with E-state index in [-0.39, 0.29) is 0 Å². The molecule has 5 heteroatoms. The molecule has 0 N–H and O–H groups in total. The van der Waals surface area contributed by atoms with Crippen LogP contribution in [0.1, 0.15) is 94.2 Å². The number of aryl methyl sites for hydroxylation is 3. The first-order valence-corrected chi connectivity index (χ1v) is 15.9. The Morgan fingerprint density at radius 1 is 0.500 bits per heavy atom. The molecule has 0 aliphatic heterocycles. The van der Waals surface area contributed by atoms with Crippen LogP contribution >= 0.6 is 7.82 Å². The van der Waals surface area contributed by atoms with E-state index in [2.05, 4.69) is 59.7 Å². The highest BCUT2D eigenvalue weighted by atomic mass is 31.2. The first-order valence-electron chi connectivity index (χ1n) is 14.4. The van der Waals surface area contributed by atoms with Gasteiger partial charge in [0.2, 0.25) is 0 Å². The van der Waals surface area contributed by atoms with Crippen LogP contribution in [-0.4, -0.2) is 0 Å². The maximum atomic E-state index is 14.7. The molecule has 3 rings (SSSR count). The Kier molecular flexibility index (Phi) is 11.3. The second-order valence-electron chi connectivity index (χ2n) is 9.71. The molecular weight excluding hydrogens is 491 g/mol. The molecule has 0 atom stereocenters. The molecule has 38 heavy (non-hydrogen) atoms. The fraction of sp³-hybridized carbons (Fsp3) is 0.455. The Morgan fingerprint density at radius 2 is 0.789 bits per heavy atom. The van der Waals surface area contributed by atoms with Crippen molar-refractivity contribution < 1.29 is 18.1 Å². The van der Waals surface area contributed by atoms with E-state index in [1.165, 1.54) is 16.7 Å². The summed E-state index contributed by atoms with van der Waals surface area (Å²) < 4.78 is 33.8. The van der Waals surface area contributed by atoms with Crippen molar-refractivity contribution in [1.29, 1.82) is 0 Å². The van der Waals surface area contributed by atoms with Crippen molar-refractivity contribution in [2.75, 3.05) is 0 Å². The maximum Gasteiger partial charge on any atom is 0.647 e. The van der Waals surface area contributed by atoms with Gasteiger partial charge in [0, 0.05) is 0 Å². The van der Waals surface area contributed by atoms with Crippen LogP contribution in [0.25, 0.3) is 0 Å². The average molecular weight is 537 g/mol. The molecule has 0 aliphatic carbocycles. The topological polar surface area (TPSA) is 44.8 Å². The van der Waals surface area contributed by atoms with Crippen LogP contribution in [0.15, 0.2) is 54.6 Å². The Balaban J connectivity index is 2.15. The van der Waals surface area contributed by atoms with Gasteiger partial charge in [-0.3, -0.25) is 0 Å². The third kappa shape index (κ3) is 7.23. The highest BCUT2D eigenvalue weighted by Crippen LogP contribution is 2.52. The van der Waals surface area contributed by atoms with E-state index in [1.54, 1.807) is 0 Å². The average Bonchev–Trinajstić information content (AvgIpc) is 2.91. The smallest absolute Gasteiger partial charge is 0.386 e. The summed E-state index contributed by atoms with van der Waals surface area (Å²) in [6, 6.07) is 17.8. The number of phosphoric acid groups is 1. The van der Waals surface area contributed by atoms with Crippen molar-refractivity contribution >= 4 is 7.82 Å². The molecule has 0 aliphatic rings. The van der Waals surface area contributed by atoms with Crippen molar-refractivity contribution in [2.24, 2.45) is 0 Å². The molecule has 0 fully saturated rings. The zero-order valence-electron chi connectivity index (χ0n) is 24.1. The minimum Gasteiger partial charge on any atom is -0.386 e. The summed E-state index contributed by atoms with van der Waals surface area (Å²) in [5, 5.41) is 0. The number of rotatable bonds is 15. The van der Waals surface area contributed by atoms with Crippen molar-refractivity contribution in [3.63, 3.8) is 0 Å². The van der Waals surface area contributed by atoms with Crippen LogP contribution < -0.4 is 13.6 Å². The van der Waals surface area contributed by atoms with Crippen LogP contribution in [0.2, 0.25) is 0 Å². The van der Waals surface area contributed by atoms with E-state index in [1.807, 2.05) is 36.4 Å². The van der Waals surface area contributed by atoms with Gasteiger partial charge in [-0.15, -0.1) is 0 Å². The van der Waals surface area contributed by atoms with E-state index in [0.717, 1.165) is 74.5 Å². The molecule has 0 saturated heterocycles. The predicted octanol–water partition coefficient (Wildman–Crippen LogP) is 9.88. The van der Waals surface area contributed by atoms with Gasteiger partial charge in [0.1, 0.15) is 17.2 Å². The molecular formula is C33H45O4P. The van der Waals surface area contributed by atoms with Crippen LogP contribution in [0.3, 0.4) is 0 Å². The molecule has 0 radical (unpaired) electrons. The standard InChI is InChI=1S/C33H45O4P/c1-7-16-28-25(10-4)19-13-22-31(28)35-38(34,36-32-23-14-20-26(11-5)29(32)17-8-2)37-33-24-15-21-27(12-6)30(33)18-9-3/h13-15,19-24H,7-12,16-18H2,1-6H3. The number of hydrogen-bond donors (Lipinski definition) is 0. The minimum absolute atomic E-state index is 0.571. The lowest BCUT2D eigenvalue weighted by Gasteiger charge is -2.25. The Labute approximate surface area is 230 Å². The Bertz CT molecular complexity index is 1080. The van der Waals surface area contributed by atoms with Gasteiger partial charge in [0.25, 0.3) is 0 Å². The summed E-state index contributed by atoms with van der Waals surface area (Å²) in [5.74, 6) is 1.71. The monoisotopic (exact) mass is 536 g/mol. The fourth-order valence-electron chi connectivity index (χ4n) is 5.10. The summed E-state index contributed by atoms with van der Waals surface area (Å²) in [4.78, 5) is 0. The van der Waals surface area contributed by atoms with Crippen molar-refractivity contribution in [3.8, 4) is 17.2 Å². The predicted molar refractivity (Wildman–Crippen MR) is 159 cm³/mol. The number of benzene rings is 3. The van der Waals surface area contributed by atoms with Crippen molar-refractivity contribution in [1.82, 2.24) is 0 Å². The summed E-state index contributed by atoms with van der Waals surface area (Å²) in [7, 11) is -4.13. The zero-order valence-corrected chi connectivity index (χ0v) is 25.0. The van der Waals surface area contributed by atoms with Crippen molar-refractivity contribution in [2.45, 2.75) is 99.3 Å². The maximum absolute atomic E-state index is 14.7. The molecule has 4 nitrogen and oxygen atoms in total. The van der Waals surface area contributed by atoms with Crippen LogP contribution in [0, 0.1) is 0 Å². The van der Waals surface area contributed by atoms with Gasteiger partial charge in [-0.25, -0.2) is 0 Å². The lowest BCUT2D eigenvalue weighted by molar-refractivity contribution is 0.295. The van der Waals surface area contributed by atoms with Gasteiger partial charge in [-0.2, -0.15) is 4.57 Å². The quantitative estimate of drug-likeness (QED) is 0.181. The molecule has 0 aromatic heterocycles. The lowest BCUT2D eigenvalue weighted by Crippen LogP contribution is -2.12. The fourth-order valence-corrected chi connectivity index (χ4v) is 6.45. The van der Waals surface area contributed by atoms with Gasteiger partial charge >= 0.3 is 7.82 Å². The van der Waals surface area contributed by atoms with E-state index in [9.17, 15) is 4.57 Å². The summed E-state index contributed by atoms with van der Waals surface area (Å²) in [5.41, 5.74) is 6.77. The molecule has 3 aromatic rings. The van der Waals surface area contributed by atoms with Gasteiger partial charge in [-0.05, 0) is 90.1 Å². The highest BCUT2D eigenvalue weighted by Gasteiger charge is 2.36. The second kappa shape index (κ2) is 14.4. The van der Waals surface area contributed by atoms with E-state index in [4.69, 9.17) is 13.6 Å². The van der Waals surface area contributed by atoms with E-state index < -0.39 is 7.82 Å². The SMILES string of the molecule is CCCc1c(CC)cccc1OP(=O)(Oc1cccc(CC)c1CCC)Oc1cccc(CC)c1CCC. The normalized spacial score (nSPS) is 11.4. The third-order valence-corrected chi connectivity index (χ3v) is 8.22. The molecule has 0 saturated carbocycles. The molecule has 0 bridgehead atoms. The van der Waals surface area contributed by atoms with Crippen LogP contribution in [0.4, 0.5) is 0 Å². The van der Waals surface area contributed by atoms with E-state index >= 15 is 0 Å². The zero-order chi connectivity index (χ0) is 27.5. The molecule has 0 spiro atoms.